The Morgan fingerprint density at radius 1 is 1.56 bits per heavy atom. The summed E-state index contributed by atoms with van der Waals surface area (Å²) in [6.07, 6.45) is 0. The van der Waals surface area contributed by atoms with Gasteiger partial charge in [0.05, 0.1) is 0 Å². The summed E-state index contributed by atoms with van der Waals surface area (Å²) in [5.41, 5.74) is 7.95. The number of amides is 1. The number of nitrogens with two attached hydrogens (primary N) is 1. The molecule has 4 nitrogen and oxygen atoms in total. The molecule has 5 heteroatoms. The van der Waals surface area contributed by atoms with Gasteiger partial charge in [-0.25, -0.2) is 0 Å². The van der Waals surface area contributed by atoms with E-state index in [9.17, 15) is 4.79 Å². The molecule has 0 radical (unpaired) electrons. The van der Waals surface area contributed by atoms with Crippen molar-refractivity contribution in [3.05, 3.63) is 28.2 Å². The van der Waals surface area contributed by atoms with Crippen LogP contribution in [0.1, 0.15) is 12.5 Å². The SMILES string of the molecule is Cc1ccc(N2C(C)CNC(=O)C2CN)cc1Br. The average Bonchev–Trinajstić information content (AvgIpc) is 2.35. The Morgan fingerprint density at radius 3 is 2.89 bits per heavy atom. The van der Waals surface area contributed by atoms with Crippen molar-refractivity contribution in [3.63, 3.8) is 0 Å². The molecule has 0 aromatic heterocycles. The van der Waals surface area contributed by atoms with Crippen LogP contribution in [-0.2, 0) is 4.79 Å². The number of piperazine rings is 1. The number of carbonyl (C=O) groups excluding carboxylic acids is 1. The second-order valence-corrected chi connectivity index (χ2v) is 5.54. The lowest BCUT2D eigenvalue weighted by Crippen LogP contribution is -2.62. The highest BCUT2D eigenvalue weighted by atomic mass is 79.9. The summed E-state index contributed by atoms with van der Waals surface area (Å²) in [6.45, 7) is 5.11. The van der Waals surface area contributed by atoms with Crippen LogP contribution < -0.4 is 16.0 Å². The fraction of sp³-hybridized carbons (Fsp3) is 0.462. The zero-order valence-electron chi connectivity index (χ0n) is 10.6. The van der Waals surface area contributed by atoms with Crippen LogP contribution in [0.15, 0.2) is 22.7 Å². The van der Waals surface area contributed by atoms with Gasteiger partial charge in [0.2, 0.25) is 5.91 Å². The predicted molar refractivity (Wildman–Crippen MR) is 76.7 cm³/mol. The van der Waals surface area contributed by atoms with Gasteiger partial charge < -0.3 is 16.0 Å². The van der Waals surface area contributed by atoms with Gasteiger partial charge >= 0.3 is 0 Å². The number of aryl methyl sites for hydroxylation is 1. The van der Waals surface area contributed by atoms with Gasteiger partial charge in [-0.1, -0.05) is 22.0 Å². The molecule has 1 fully saturated rings. The monoisotopic (exact) mass is 311 g/mol. The third kappa shape index (κ3) is 2.37. The van der Waals surface area contributed by atoms with Gasteiger partial charge in [-0.15, -0.1) is 0 Å². The Morgan fingerprint density at radius 2 is 2.28 bits per heavy atom. The summed E-state index contributed by atoms with van der Waals surface area (Å²) in [7, 11) is 0. The van der Waals surface area contributed by atoms with Crippen LogP contribution in [0.5, 0.6) is 0 Å². The molecular weight excluding hydrogens is 294 g/mol. The molecule has 2 rings (SSSR count). The lowest BCUT2D eigenvalue weighted by molar-refractivity contribution is -0.123. The third-order valence-corrected chi connectivity index (χ3v) is 4.22. The molecule has 1 aromatic carbocycles. The zero-order chi connectivity index (χ0) is 13.3. The van der Waals surface area contributed by atoms with Crippen LogP contribution >= 0.6 is 15.9 Å². The Kier molecular flexibility index (Phi) is 3.92. The smallest absolute Gasteiger partial charge is 0.244 e. The van der Waals surface area contributed by atoms with Crippen LogP contribution in [0.25, 0.3) is 0 Å². The number of carbonyl (C=O) groups is 1. The number of anilines is 1. The summed E-state index contributed by atoms with van der Waals surface area (Å²) in [5, 5.41) is 2.89. The van der Waals surface area contributed by atoms with Crippen LogP contribution in [0.3, 0.4) is 0 Å². The molecule has 0 aliphatic carbocycles. The lowest BCUT2D eigenvalue weighted by atomic mass is 10.1. The number of hydrogen-bond donors (Lipinski definition) is 2. The van der Waals surface area contributed by atoms with E-state index in [-0.39, 0.29) is 18.0 Å². The van der Waals surface area contributed by atoms with Crippen molar-refractivity contribution < 1.29 is 4.79 Å². The highest BCUT2D eigenvalue weighted by molar-refractivity contribution is 9.10. The quantitative estimate of drug-likeness (QED) is 0.868. The molecule has 3 N–H and O–H groups in total. The van der Waals surface area contributed by atoms with Crippen molar-refractivity contribution in [1.82, 2.24) is 5.32 Å². The Hall–Kier alpha value is -1.07. The van der Waals surface area contributed by atoms with Gasteiger partial charge in [-0.05, 0) is 31.5 Å². The molecule has 0 saturated carbocycles. The van der Waals surface area contributed by atoms with Crippen molar-refractivity contribution in [2.45, 2.75) is 25.9 Å². The third-order valence-electron chi connectivity index (χ3n) is 3.36. The highest BCUT2D eigenvalue weighted by Crippen LogP contribution is 2.27. The first-order valence-corrected chi connectivity index (χ1v) is 6.86. The number of benzene rings is 1. The molecule has 1 aromatic rings. The van der Waals surface area contributed by atoms with Crippen molar-refractivity contribution in [1.29, 1.82) is 0 Å². The summed E-state index contributed by atoms with van der Waals surface area (Å²) < 4.78 is 1.05. The van der Waals surface area contributed by atoms with Gasteiger partial charge in [0, 0.05) is 29.3 Å². The molecule has 1 heterocycles. The zero-order valence-corrected chi connectivity index (χ0v) is 12.2. The molecule has 2 atom stereocenters. The van der Waals surface area contributed by atoms with Crippen LogP contribution in [-0.4, -0.2) is 31.1 Å². The summed E-state index contributed by atoms with van der Waals surface area (Å²) in [4.78, 5) is 14.0. The Labute approximate surface area is 116 Å². The second-order valence-electron chi connectivity index (χ2n) is 4.69. The van der Waals surface area contributed by atoms with E-state index in [1.807, 2.05) is 25.1 Å². The molecule has 1 aliphatic heterocycles. The van der Waals surface area contributed by atoms with Crippen LogP contribution in [0.2, 0.25) is 0 Å². The molecule has 0 spiro atoms. The van der Waals surface area contributed by atoms with E-state index < -0.39 is 0 Å². The van der Waals surface area contributed by atoms with E-state index >= 15 is 0 Å². The van der Waals surface area contributed by atoms with Gasteiger partial charge in [0.15, 0.2) is 0 Å². The molecule has 2 unspecified atom stereocenters. The second kappa shape index (κ2) is 5.28. The predicted octanol–water partition coefficient (Wildman–Crippen LogP) is 1.41. The number of nitrogens with one attached hydrogen (secondary N) is 1. The van der Waals surface area contributed by atoms with Crippen molar-refractivity contribution in [2.75, 3.05) is 18.0 Å². The Bertz CT molecular complexity index is 464. The maximum absolute atomic E-state index is 11.9. The number of hydrogen-bond acceptors (Lipinski definition) is 3. The van der Waals surface area contributed by atoms with E-state index in [1.54, 1.807) is 0 Å². The van der Waals surface area contributed by atoms with Crippen LogP contribution in [0.4, 0.5) is 5.69 Å². The summed E-state index contributed by atoms with van der Waals surface area (Å²) in [5.74, 6) is 0.00676. The van der Waals surface area contributed by atoms with Crippen molar-refractivity contribution in [3.8, 4) is 0 Å². The first-order chi connectivity index (χ1) is 8.54. The summed E-state index contributed by atoms with van der Waals surface area (Å²) >= 11 is 3.53. The molecule has 98 valence electrons. The van der Waals surface area contributed by atoms with Gasteiger partial charge in [-0.2, -0.15) is 0 Å². The standard InChI is InChI=1S/C13H18BrN3O/c1-8-3-4-10(5-11(8)14)17-9(2)7-16-13(18)12(17)6-15/h3-5,9,12H,6-7,15H2,1-2H3,(H,16,18). The van der Waals surface area contributed by atoms with Crippen molar-refractivity contribution in [2.24, 2.45) is 5.73 Å². The van der Waals surface area contributed by atoms with Crippen LogP contribution in [0, 0.1) is 6.92 Å². The first-order valence-electron chi connectivity index (χ1n) is 6.07. The van der Waals surface area contributed by atoms with Gasteiger partial charge in [0.25, 0.3) is 0 Å². The fourth-order valence-electron chi connectivity index (χ4n) is 2.30. The van der Waals surface area contributed by atoms with E-state index in [1.165, 1.54) is 5.56 Å². The number of rotatable bonds is 2. The van der Waals surface area contributed by atoms with Crippen molar-refractivity contribution >= 4 is 27.5 Å². The average molecular weight is 312 g/mol. The molecule has 0 bridgehead atoms. The van der Waals surface area contributed by atoms with E-state index in [4.69, 9.17) is 5.73 Å². The number of nitrogens with zero attached hydrogens (tertiary/aromatic N) is 1. The summed E-state index contributed by atoms with van der Waals surface area (Å²) in [6, 6.07) is 6.09. The molecule has 1 saturated heterocycles. The van der Waals surface area contributed by atoms with Gasteiger partial charge in [0.1, 0.15) is 6.04 Å². The molecule has 18 heavy (non-hydrogen) atoms. The van der Waals surface area contributed by atoms with E-state index in [0.717, 1.165) is 10.2 Å². The Balaban J connectivity index is 2.38. The van der Waals surface area contributed by atoms with E-state index in [0.29, 0.717) is 13.1 Å². The molecule has 1 aliphatic rings. The van der Waals surface area contributed by atoms with Gasteiger partial charge in [-0.3, -0.25) is 4.79 Å². The minimum Gasteiger partial charge on any atom is -0.354 e. The van der Waals surface area contributed by atoms with E-state index in [2.05, 4.69) is 33.1 Å². The minimum absolute atomic E-state index is 0.00676. The minimum atomic E-state index is -0.289. The number of halogens is 1. The molecule has 1 amide bonds. The normalized spacial score (nSPS) is 24.0. The topological polar surface area (TPSA) is 58.4 Å². The maximum atomic E-state index is 11.9. The highest BCUT2D eigenvalue weighted by Gasteiger charge is 2.33. The fourth-order valence-corrected chi connectivity index (χ4v) is 2.66. The lowest BCUT2D eigenvalue weighted by Gasteiger charge is -2.41. The molecular formula is C13H18BrN3O. The largest absolute Gasteiger partial charge is 0.354 e. The maximum Gasteiger partial charge on any atom is 0.244 e. The first kappa shape index (κ1) is 13.4.